The Morgan fingerprint density at radius 3 is 2.71 bits per heavy atom. The van der Waals surface area contributed by atoms with Crippen LogP contribution in [-0.2, 0) is 6.54 Å². The van der Waals surface area contributed by atoms with Gasteiger partial charge in [0.15, 0.2) is 0 Å². The first kappa shape index (κ1) is 11.9. The lowest BCUT2D eigenvalue weighted by Gasteiger charge is -2.08. The molecule has 0 bridgehead atoms. The highest BCUT2D eigenvalue weighted by atomic mass is 35.5. The van der Waals surface area contributed by atoms with Crippen LogP contribution in [0.3, 0.4) is 0 Å². The fourth-order valence-electron chi connectivity index (χ4n) is 1.55. The van der Waals surface area contributed by atoms with Crippen molar-refractivity contribution >= 4 is 17.3 Å². The van der Waals surface area contributed by atoms with Gasteiger partial charge in [-0.2, -0.15) is 0 Å². The van der Waals surface area contributed by atoms with E-state index in [2.05, 4.69) is 5.32 Å². The van der Waals surface area contributed by atoms with Crippen LogP contribution in [0.2, 0.25) is 5.02 Å². The van der Waals surface area contributed by atoms with E-state index in [0.717, 1.165) is 21.8 Å². The molecule has 88 valence electrons. The molecule has 1 N–H and O–H groups in total. The first-order valence-electron chi connectivity index (χ1n) is 5.39. The molecule has 0 aromatic heterocycles. The van der Waals surface area contributed by atoms with Gasteiger partial charge in [-0.05, 0) is 42.3 Å². The summed E-state index contributed by atoms with van der Waals surface area (Å²) in [5.41, 5.74) is 2.88. The zero-order chi connectivity index (χ0) is 12.3. The number of rotatable bonds is 3. The molecule has 0 aliphatic rings. The summed E-state index contributed by atoms with van der Waals surface area (Å²) in [6.45, 7) is 2.54. The van der Waals surface area contributed by atoms with E-state index in [4.69, 9.17) is 11.6 Å². The van der Waals surface area contributed by atoms with Gasteiger partial charge in [-0.3, -0.25) is 0 Å². The maximum Gasteiger partial charge on any atom is 0.123 e. The highest BCUT2D eigenvalue weighted by Crippen LogP contribution is 2.20. The molecule has 0 unspecified atom stereocenters. The molecule has 0 radical (unpaired) electrons. The monoisotopic (exact) mass is 249 g/mol. The number of halogens is 2. The minimum atomic E-state index is -0.216. The summed E-state index contributed by atoms with van der Waals surface area (Å²) >= 11 is 6.02. The Kier molecular flexibility index (Phi) is 3.64. The fraction of sp³-hybridized carbons (Fsp3) is 0.143. The number of nitrogens with one attached hydrogen (secondary N) is 1. The van der Waals surface area contributed by atoms with Crippen LogP contribution < -0.4 is 5.32 Å². The van der Waals surface area contributed by atoms with Gasteiger partial charge in [-0.1, -0.05) is 29.8 Å². The Bertz CT molecular complexity index is 525. The van der Waals surface area contributed by atoms with Crippen LogP contribution in [0.5, 0.6) is 0 Å². The fourth-order valence-corrected chi connectivity index (χ4v) is 1.73. The van der Waals surface area contributed by atoms with Crippen LogP contribution in [-0.4, -0.2) is 0 Å². The minimum absolute atomic E-state index is 0.216. The summed E-state index contributed by atoms with van der Waals surface area (Å²) in [5, 5.41) is 3.94. The molecule has 0 aliphatic carbocycles. The largest absolute Gasteiger partial charge is 0.381 e. The van der Waals surface area contributed by atoms with Crippen LogP contribution >= 0.6 is 11.6 Å². The number of hydrogen-bond acceptors (Lipinski definition) is 1. The van der Waals surface area contributed by atoms with Gasteiger partial charge in [0.1, 0.15) is 5.82 Å². The third-order valence-corrected chi connectivity index (χ3v) is 2.96. The van der Waals surface area contributed by atoms with Crippen LogP contribution in [0.1, 0.15) is 11.1 Å². The smallest absolute Gasteiger partial charge is 0.123 e. The molecule has 3 heteroatoms. The van der Waals surface area contributed by atoms with Gasteiger partial charge in [0.05, 0.1) is 0 Å². The predicted molar refractivity (Wildman–Crippen MR) is 69.9 cm³/mol. The topological polar surface area (TPSA) is 12.0 Å². The molecule has 0 amide bonds. The third kappa shape index (κ3) is 3.21. The summed E-state index contributed by atoms with van der Waals surface area (Å²) in [5.74, 6) is -0.216. The van der Waals surface area contributed by atoms with Gasteiger partial charge < -0.3 is 5.32 Å². The van der Waals surface area contributed by atoms with Crippen molar-refractivity contribution < 1.29 is 4.39 Å². The van der Waals surface area contributed by atoms with Crippen molar-refractivity contribution in [2.75, 3.05) is 5.32 Å². The van der Waals surface area contributed by atoms with E-state index in [1.54, 1.807) is 6.07 Å². The van der Waals surface area contributed by atoms with Crippen LogP contribution in [0.4, 0.5) is 10.1 Å². The molecule has 0 spiro atoms. The number of benzene rings is 2. The SMILES string of the molecule is Cc1ccc(NCc2cccc(F)c2)cc1Cl. The summed E-state index contributed by atoms with van der Waals surface area (Å²) < 4.78 is 13.0. The second kappa shape index (κ2) is 5.19. The van der Waals surface area contributed by atoms with Crippen molar-refractivity contribution in [3.8, 4) is 0 Å². The van der Waals surface area contributed by atoms with Gasteiger partial charge in [0.2, 0.25) is 0 Å². The molecule has 2 rings (SSSR count). The standard InChI is InChI=1S/C14H13ClFN/c1-10-5-6-13(8-14(10)15)17-9-11-3-2-4-12(16)7-11/h2-8,17H,9H2,1H3. The van der Waals surface area contributed by atoms with E-state index in [1.165, 1.54) is 12.1 Å². The zero-order valence-electron chi connectivity index (χ0n) is 9.50. The second-order valence-electron chi connectivity index (χ2n) is 3.95. The van der Waals surface area contributed by atoms with Crippen molar-refractivity contribution in [3.05, 3.63) is 64.4 Å². The van der Waals surface area contributed by atoms with E-state index in [-0.39, 0.29) is 5.82 Å². The van der Waals surface area contributed by atoms with Crippen molar-refractivity contribution in [3.63, 3.8) is 0 Å². The molecule has 0 fully saturated rings. The molecule has 1 nitrogen and oxygen atoms in total. The first-order valence-corrected chi connectivity index (χ1v) is 5.77. The van der Waals surface area contributed by atoms with Crippen LogP contribution in [0.15, 0.2) is 42.5 Å². The first-order chi connectivity index (χ1) is 8.15. The molecule has 0 saturated heterocycles. The molecular weight excluding hydrogens is 237 g/mol. The summed E-state index contributed by atoms with van der Waals surface area (Å²) in [6, 6.07) is 12.3. The Hall–Kier alpha value is -1.54. The molecule has 0 aliphatic heterocycles. The maximum atomic E-state index is 13.0. The lowest BCUT2D eigenvalue weighted by molar-refractivity contribution is 0.626. The van der Waals surface area contributed by atoms with Crippen molar-refractivity contribution in [2.24, 2.45) is 0 Å². The van der Waals surface area contributed by atoms with Crippen molar-refractivity contribution in [1.82, 2.24) is 0 Å². The summed E-state index contributed by atoms with van der Waals surface area (Å²) in [6.07, 6.45) is 0. The third-order valence-electron chi connectivity index (χ3n) is 2.56. The lowest BCUT2D eigenvalue weighted by atomic mass is 10.2. The Labute approximate surface area is 105 Å². The molecule has 2 aromatic carbocycles. The van der Waals surface area contributed by atoms with E-state index >= 15 is 0 Å². The van der Waals surface area contributed by atoms with E-state index in [9.17, 15) is 4.39 Å². The van der Waals surface area contributed by atoms with Gasteiger partial charge in [0, 0.05) is 17.3 Å². The average molecular weight is 250 g/mol. The Morgan fingerprint density at radius 1 is 1.18 bits per heavy atom. The van der Waals surface area contributed by atoms with Gasteiger partial charge in [-0.25, -0.2) is 4.39 Å². The number of aryl methyl sites for hydroxylation is 1. The predicted octanol–water partition coefficient (Wildman–Crippen LogP) is 4.40. The molecule has 0 atom stereocenters. The molecule has 0 heterocycles. The normalized spacial score (nSPS) is 10.3. The summed E-state index contributed by atoms with van der Waals surface area (Å²) in [4.78, 5) is 0. The highest BCUT2D eigenvalue weighted by molar-refractivity contribution is 6.31. The highest BCUT2D eigenvalue weighted by Gasteiger charge is 1.99. The van der Waals surface area contributed by atoms with E-state index in [1.807, 2.05) is 31.2 Å². The maximum absolute atomic E-state index is 13.0. The van der Waals surface area contributed by atoms with Gasteiger partial charge in [0.25, 0.3) is 0 Å². The van der Waals surface area contributed by atoms with E-state index in [0.29, 0.717) is 6.54 Å². The van der Waals surface area contributed by atoms with Gasteiger partial charge >= 0.3 is 0 Å². The van der Waals surface area contributed by atoms with E-state index < -0.39 is 0 Å². The Balaban J connectivity index is 2.05. The second-order valence-corrected chi connectivity index (χ2v) is 4.35. The average Bonchev–Trinajstić information content (AvgIpc) is 2.31. The zero-order valence-corrected chi connectivity index (χ0v) is 10.3. The van der Waals surface area contributed by atoms with Crippen molar-refractivity contribution in [1.29, 1.82) is 0 Å². The van der Waals surface area contributed by atoms with Gasteiger partial charge in [-0.15, -0.1) is 0 Å². The number of anilines is 1. The minimum Gasteiger partial charge on any atom is -0.381 e. The van der Waals surface area contributed by atoms with Crippen LogP contribution in [0, 0.1) is 12.7 Å². The van der Waals surface area contributed by atoms with Crippen molar-refractivity contribution in [2.45, 2.75) is 13.5 Å². The lowest BCUT2D eigenvalue weighted by Crippen LogP contribution is -1.99. The molecule has 17 heavy (non-hydrogen) atoms. The summed E-state index contributed by atoms with van der Waals surface area (Å²) in [7, 11) is 0. The van der Waals surface area contributed by atoms with Crippen LogP contribution in [0.25, 0.3) is 0 Å². The number of hydrogen-bond donors (Lipinski definition) is 1. The molecule has 0 saturated carbocycles. The quantitative estimate of drug-likeness (QED) is 0.850. The Morgan fingerprint density at radius 2 is 2.00 bits per heavy atom. The molecular formula is C14H13ClFN. The molecule has 2 aromatic rings.